The first-order valence-corrected chi connectivity index (χ1v) is 12.9. The zero-order valence-corrected chi connectivity index (χ0v) is 21.3. The summed E-state index contributed by atoms with van der Waals surface area (Å²) in [5, 5.41) is 0.645. The molecule has 0 spiro atoms. The van der Waals surface area contributed by atoms with Gasteiger partial charge in [-0.2, -0.15) is 0 Å². The van der Waals surface area contributed by atoms with Gasteiger partial charge in [0.05, 0.1) is 28.5 Å². The van der Waals surface area contributed by atoms with Crippen LogP contribution in [0.3, 0.4) is 0 Å². The van der Waals surface area contributed by atoms with Crippen LogP contribution in [0.4, 0.5) is 0 Å². The lowest BCUT2D eigenvalue weighted by molar-refractivity contribution is -0.118. The van der Waals surface area contributed by atoms with Crippen molar-refractivity contribution in [3.05, 3.63) is 106 Å². The van der Waals surface area contributed by atoms with Gasteiger partial charge in [-0.05, 0) is 55.0 Å². The standard InChI is InChI=1S/C30H31ClN4O/c1-20-7-9-22(10-8-20)19-35(16-15-28(32)36)30(23-11-12-23)29-27(17-21-5-3-2-4-6-21)33-25-14-13-24(31)18-26(25)34-29/h2-10,13-14,18,23,30H,11-12,15-17,19H2,1H3,(H2,32,36). The molecule has 1 heterocycles. The van der Waals surface area contributed by atoms with E-state index in [1.54, 1.807) is 0 Å². The lowest BCUT2D eigenvalue weighted by Gasteiger charge is -2.32. The van der Waals surface area contributed by atoms with Crippen LogP contribution in [0.1, 0.15) is 53.4 Å². The van der Waals surface area contributed by atoms with Crippen molar-refractivity contribution in [1.29, 1.82) is 0 Å². The Morgan fingerprint density at radius 1 is 1.00 bits per heavy atom. The molecule has 1 aromatic heterocycles. The molecule has 3 aromatic carbocycles. The maximum atomic E-state index is 11.8. The van der Waals surface area contributed by atoms with Crippen LogP contribution in [0.5, 0.6) is 0 Å². The molecule has 0 radical (unpaired) electrons. The van der Waals surface area contributed by atoms with E-state index in [9.17, 15) is 4.79 Å². The molecule has 6 heteroatoms. The summed E-state index contributed by atoms with van der Waals surface area (Å²) in [5.41, 5.74) is 12.8. The van der Waals surface area contributed by atoms with Gasteiger partial charge in [-0.1, -0.05) is 71.8 Å². The summed E-state index contributed by atoms with van der Waals surface area (Å²) in [4.78, 5) is 24.5. The Bertz CT molecular complexity index is 1350. The first-order chi connectivity index (χ1) is 17.5. The lowest BCUT2D eigenvalue weighted by atomic mass is 9.98. The van der Waals surface area contributed by atoms with E-state index in [1.165, 1.54) is 16.7 Å². The van der Waals surface area contributed by atoms with E-state index in [-0.39, 0.29) is 11.9 Å². The van der Waals surface area contributed by atoms with Gasteiger partial charge >= 0.3 is 0 Å². The van der Waals surface area contributed by atoms with Crippen molar-refractivity contribution in [2.24, 2.45) is 11.7 Å². The average molecular weight is 499 g/mol. The monoisotopic (exact) mass is 498 g/mol. The second-order valence-corrected chi connectivity index (χ2v) is 10.2. The fourth-order valence-corrected chi connectivity index (χ4v) is 5.00. The number of hydrogen-bond acceptors (Lipinski definition) is 4. The highest BCUT2D eigenvalue weighted by Crippen LogP contribution is 2.46. The summed E-state index contributed by atoms with van der Waals surface area (Å²) in [6.45, 7) is 3.38. The van der Waals surface area contributed by atoms with E-state index < -0.39 is 0 Å². The molecule has 1 atom stereocenters. The second kappa shape index (κ2) is 10.8. The van der Waals surface area contributed by atoms with Gasteiger partial charge in [0.25, 0.3) is 0 Å². The van der Waals surface area contributed by atoms with Crippen molar-refractivity contribution in [1.82, 2.24) is 14.9 Å². The number of carbonyl (C=O) groups excluding carboxylic acids is 1. The zero-order valence-electron chi connectivity index (χ0n) is 20.5. The van der Waals surface area contributed by atoms with E-state index in [1.807, 2.05) is 24.3 Å². The van der Waals surface area contributed by atoms with Gasteiger partial charge < -0.3 is 5.73 Å². The molecule has 5 rings (SSSR count). The van der Waals surface area contributed by atoms with Gasteiger partial charge in [0.2, 0.25) is 5.91 Å². The SMILES string of the molecule is Cc1ccc(CN(CCC(N)=O)C(c2nc3cc(Cl)ccc3nc2Cc2ccccc2)C2CC2)cc1. The molecule has 1 saturated carbocycles. The molecule has 0 aliphatic heterocycles. The number of nitrogens with two attached hydrogens (primary N) is 1. The Balaban J connectivity index is 1.60. The Morgan fingerprint density at radius 2 is 1.75 bits per heavy atom. The highest BCUT2D eigenvalue weighted by Gasteiger charge is 2.39. The summed E-state index contributed by atoms with van der Waals surface area (Å²) in [5.74, 6) is 0.170. The summed E-state index contributed by atoms with van der Waals surface area (Å²) in [6, 6.07) is 24.7. The lowest BCUT2D eigenvalue weighted by Crippen LogP contribution is -2.34. The molecule has 1 unspecified atom stereocenters. The number of aryl methyl sites for hydroxylation is 1. The number of carbonyl (C=O) groups is 1. The van der Waals surface area contributed by atoms with E-state index >= 15 is 0 Å². The highest BCUT2D eigenvalue weighted by molar-refractivity contribution is 6.31. The minimum Gasteiger partial charge on any atom is -0.370 e. The Labute approximate surface area is 217 Å². The Kier molecular flexibility index (Phi) is 7.30. The van der Waals surface area contributed by atoms with Crippen molar-refractivity contribution in [2.45, 2.75) is 45.2 Å². The first kappa shape index (κ1) is 24.4. The summed E-state index contributed by atoms with van der Waals surface area (Å²) in [7, 11) is 0. The van der Waals surface area contributed by atoms with Crippen LogP contribution in [0.2, 0.25) is 5.02 Å². The fourth-order valence-electron chi connectivity index (χ4n) is 4.84. The van der Waals surface area contributed by atoms with Crippen LogP contribution in [0.15, 0.2) is 72.8 Å². The van der Waals surface area contributed by atoms with Gasteiger partial charge in [0, 0.05) is 31.0 Å². The van der Waals surface area contributed by atoms with E-state index in [0.29, 0.717) is 30.3 Å². The molecule has 36 heavy (non-hydrogen) atoms. The number of fused-ring (bicyclic) bond motifs is 1. The van der Waals surface area contributed by atoms with E-state index in [4.69, 9.17) is 27.3 Å². The number of rotatable bonds is 10. The largest absolute Gasteiger partial charge is 0.370 e. The highest BCUT2D eigenvalue weighted by atomic mass is 35.5. The third-order valence-electron chi connectivity index (χ3n) is 6.84. The molecule has 1 aliphatic carbocycles. The van der Waals surface area contributed by atoms with Gasteiger partial charge in [-0.25, -0.2) is 9.97 Å². The molecule has 0 saturated heterocycles. The van der Waals surface area contributed by atoms with Crippen LogP contribution in [0.25, 0.3) is 11.0 Å². The summed E-state index contributed by atoms with van der Waals surface area (Å²) < 4.78 is 0. The predicted molar refractivity (Wildman–Crippen MR) is 145 cm³/mol. The van der Waals surface area contributed by atoms with E-state index in [2.05, 4.69) is 60.4 Å². The fraction of sp³-hybridized carbons (Fsp3) is 0.300. The molecule has 1 amide bonds. The molecular weight excluding hydrogens is 468 g/mol. The molecule has 5 nitrogen and oxygen atoms in total. The molecule has 2 N–H and O–H groups in total. The van der Waals surface area contributed by atoms with Crippen LogP contribution < -0.4 is 5.73 Å². The summed E-state index contributed by atoms with van der Waals surface area (Å²) >= 11 is 6.33. The van der Waals surface area contributed by atoms with Gasteiger partial charge in [0.1, 0.15) is 0 Å². The molecule has 184 valence electrons. The van der Waals surface area contributed by atoms with Gasteiger partial charge in [0.15, 0.2) is 0 Å². The minimum atomic E-state index is -0.292. The number of hydrogen-bond donors (Lipinski definition) is 1. The maximum absolute atomic E-state index is 11.8. The molecule has 0 bridgehead atoms. The van der Waals surface area contributed by atoms with Gasteiger partial charge in [-0.15, -0.1) is 0 Å². The number of amides is 1. The van der Waals surface area contributed by atoms with Gasteiger partial charge in [-0.3, -0.25) is 9.69 Å². The van der Waals surface area contributed by atoms with Crippen molar-refractivity contribution >= 4 is 28.5 Å². The number of aromatic nitrogens is 2. The third-order valence-corrected chi connectivity index (χ3v) is 7.07. The molecule has 1 fully saturated rings. The van der Waals surface area contributed by atoms with Crippen molar-refractivity contribution < 1.29 is 4.79 Å². The van der Waals surface area contributed by atoms with Crippen LogP contribution in [0, 0.1) is 12.8 Å². The van der Waals surface area contributed by atoms with Crippen molar-refractivity contribution in [2.75, 3.05) is 6.54 Å². The molecular formula is C30H31ClN4O. The van der Waals surface area contributed by atoms with Crippen LogP contribution >= 0.6 is 11.6 Å². The Hall–Kier alpha value is -3.28. The number of benzene rings is 3. The smallest absolute Gasteiger partial charge is 0.218 e. The molecule has 1 aliphatic rings. The number of nitrogens with zero attached hydrogens (tertiary/aromatic N) is 3. The van der Waals surface area contributed by atoms with Crippen molar-refractivity contribution in [3.63, 3.8) is 0 Å². The van der Waals surface area contributed by atoms with E-state index in [0.717, 1.165) is 41.8 Å². The number of halogens is 1. The average Bonchev–Trinajstić information content (AvgIpc) is 3.70. The topological polar surface area (TPSA) is 72.1 Å². The normalized spacial score (nSPS) is 14.3. The predicted octanol–water partition coefficient (Wildman–Crippen LogP) is 6.01. The zero-order chi connectivity index (χ0) is 25.1. The Morgan fingerprint density at radius 3 is 2.44 bits per heavy atom. The maximum Gasteiger partial charge on any atom is 0.218 e. The third kappa shape index (κ3) is 5.92. The molecule has 4 aromatic rings. The number of primary amides is 1. The second-order valence-electron chi connectivity index (χ2n) is 9.81. The minimum absolute atomic E-state index is 0.0419. The van der Waals surface area contributed by atoms with Crippen LogP contribution in [-0.2, 0) is 17.8 Å². The first-order valence-electron chi connectivity index (χ1n) is 12.5. The van der Waals surface area contributed by atoms with Crippen molar-refractivity contribution in [3.8, 4) is 0 Å². The summed E-state index contributed by atoms with van der Waals surface area (Å²) in [6.07, 6.45) is 3.26. The quantitative estimate of drug-likeness (QED) is 0.290. The van der Waals surface area contributed by atoms with Crippen LogP contribution in [-0.4, -0.2) is 27.3 Å².